The van der Waals surface area contributed by atoms with E-state index in [-0.39, 0.29) is 35.1 Å². The summed E-state index contributed by atoms with van der Waals surface area (Å²) in [5.41, 5.74) is -0.216. The van der Waals surface area contributed by atoms with Crippen LogP contribution in [0.2, 0.25) is 0 Å². The van der Waals surface area contributed by atoms with E-state index in [0.717, 1.165) is 32.5 Å². The van der Waals surface area contributed by atoms with Crippen molar-refractivity contribution in [3.05, 3.63) is 27.8 Å². The molecule has 9 nitrogen and oxygen atoms in total. The van der Waals surface area contributed by atoms with Crippen molar-refractivity contribution < 1.29 is 23.9 Å². The van der Waals surface area contributed by atoms with Crippen LogP contribution in [0, 0.1) is 16.0 Å². The Balaban J connectivity index is 1.67. The van der Waals surface area contributed by atoms with Gasteiger partial charge in [-0.25, -0.2) is 0 Å². The molecule has 2 heterocycles. The van der Waals surface area contributed by atoms with Gasteiger partial charge in [-0.15, -0.1) is 0 Å². The summed E-state index contributed by atoms with van der Waals surface area (Å²) in [4.78, 5) is 28.4. The zero-order valence-corrected chi connectivity index (χ0v) is 18.8. The van der Waals surface area contributed by atoms with Gasteiger partial charge in [-0.2, -0.15) is 0 Å². The van der Waals surface area contributed by atoms with E-state index in [4.69, 9.17) is 14.2 Å². The normalized spacial score (nSPS) is 22.9. The number of amides is 1. The third-order valence-corrected chi connectivity index (χ3v) is 5.92. The largest absolute Gasteiger partial charge is 0.493 e. The average molecular weight is 436 g/mol. The molecular weight excluding hydrogens is 402 g/mol. The van der Waals surface area contributed by atoms with Crippen molar-refractivity contribution in [2.45, 2.75) is 45.8 Å². The van der Waals surface area contributed by atoms with E-state index in [1.54, 1.807) is 4.90 Å². The topological polar surface area (TPSA) is 94.4 Å². The minimum atomic E-state index is -0.543. The minimum absolute atomic E-state index is 0.0449. The maximum Gasteiger partial charge on any atom is 0.286 e. The summed E-state index contributed by atoms with van der Waals surface area (Å²) in [6, 6.07) is 2.71. The minimum Gasteiger partial charge on any atom is -0.493 e. The molecule has 0 bridgehead atoms. The van der Waals surface area contributed by atoms with Gasteiger partial charge in [0.2, 0.25) is 0 Å². The number of benzene rings is 1. The van der Waals surface area contributed by atoms with Gasteiger partial charge in [0, 0.05) is 38.8 Å². The fourth-order valence-electron chi connectivity index (χ4n) is 4.59. The average Bonchev–Trinajstić information content (AvgIpc) is 2.73. The molecule has 0 saturated carbocycles. The highest BCUT2D eigenvalue weighted by Gasteiger charge is 2.32. The van der Waals surface area contributed by atoms with Crippen molar-refractivity contribution in [3.63, 3.8) is 0 Å². The molecule has 2 unspecified atom stereocenters. The number of ether oxygens (including phenoxy) is 3. The fraction of sp³-hybridized carbons (Fsp3) is 0.682. The maximum absolute atomic E-state index is 13.2. The molecule has 2 atom stereocenters. The number of hydrogen-bond donors (Lipinski definition) is 0. The Bertz CT molecular complexity index is 784. The number of nitrogens with zero attached hydrogens (tertiary/aromatic N) is 3. The van der Waals surface area contributed by atoms with Gasteiger partial charge >= 0.3 is 0 Å². The first-order valence-electron chi connectivity index (χ1n) is 11.0. The Morgan fingerprint density at radius 1 is 1.19 bits per heavy atom. The molecular formula is C22H33N3O6. The Labute approximate surface area is 183 Å². The summed E-state index contributed by atoms with van der Waals surface area (Å²) in [5.74, 6) is 0.760. The highest BCUT2D eigenvalue weighted by Crippen LogP contribution is 2.36. The standard InChI is InChI=1S/C22H33N3O6/c1-5-30-21-10-18(19(25(27)28)11-20(21)29-4)22(26)24-8-6-17(7-9-24)14-23-12-15(2)31-16(3)13-23/h10-11,15-17H,5-9,12-14H2,1-4H3. The number of nitro benzene ring substituents is 1. The van der Waals surface area contributed by atoms with Gasteiger partial charge in [0.05, 0.1) is 36.9 Å². The number of morpholine rings is 1. The van der Waals surface area contributed by atoms with Crippen LogP contribution >= 0.6 is 0 Å². The third kappa shape index (κ3) is 5.65. The second-order valence-electron chi connectivity index (χ2n) is 8.42. The van der Waals surface area contributed by atoms with Crippen molar-refractivity contribution in [2.75, 3.05) is 46.4 Å². The molecule has 2 fully saturated rings. The summed E-state index contributed by atoms with van der Waals surface area (Å²) in [5, 5.41) is 11.6. The Morgan fingerprint density at radius 3 is 2.39 bits per heavy atom. The molecule has 3 rings (SSSR count). The SMILES string of the molecule is CCOc1cc(C(=O)N2CCC(CN3CC(C)OC(C)C3)CC2)c([N+](=O)[O-])cc1OC. The summed E-state index contributed by atoms with van der Waals surface area (Å²) in [6.45, 7) is 10.4. The Hall–Kier alpha value is -2.39. The Kier molecular flexibility index (Phi) is 7.72. The second-order valence-corrected chi connectivity index (χ2v) is 8.42. The predicted octanol–water partition coefficient (Wildman–Crippen LogP) is 2.96. The summed E-state index contributed by atoms with van der Waals surface area (Å²) in [6.07, 6.45) is 2.24. The van der Waals surface area contributed by atoms with Crippen molar-refractivity contribution in [1.82, 2.24) is 9.80 Å². The first-order chi connectivity index (χ1) is 14.8. The molecule has 2 aliphatic rings. The molecule has 9 heteroatoms. The number of methoxy groups -OCH3 is 1. The van der Waals surface area contributed by atoms with Gasteiger partial charge < -0.3 is 19.1 Å². The summed E-state index contributed by atoms with van der Waals surface area (Å²) < 4.78 is 16.5. The monoisotopic (exact) mass is 435 g/mol. The summed E-state index contributed by atoms with van der Waals surface area (Å²) in [7, 11) is 1.42. The van der Waals surface area contributed by atoms with Crippen molar-refractivity contribution >= 4 is 11.6 Å². The lowest BCUT2D eigenvalue weighted by atomic mass is 9.95. The molecule has 0 radical (unpaired) electrons. The molecule has 1 aromatic rings. The number of nitro groups is 1. The number of likely N-dealkylation sites (tertiary alicyclic amines) is 1. The number of piperidine rings is 1. The second kappa shape index (κ2) is 10.3. The first kappa shape index (κ1) is 23.3. The molecule has 31 heavy (non-hydrogen) atoms. The molecule has 0 aliphatic carbocycles. The van der Waals surface area contributed by atoms with Crippen molar-refractivity contribution in [3.8, 4) is 11.5 Å². The van der Waals surface area contributed by atoms with E-state index < -0.39 is 4.92 Å². The molecule has 1 aromatic carbocycles. The van der Waals surface area contributed by atoms with E-state index >= 15 is 0 Å². The third-order valence-electron chi connectivity index (χ3n) is 5.92. The van der Waals surface area contributed by atoms with E-state index in [1.165, 1.54) is 19.2 Å². The first-order valence-corrected chi connectivity index (χ1v) is 11.0. The number of carbonyl (C=O) groups is 1. The molecule has 0 aromatic heterocycles. The smallest absolute Gasteiger partial charge is 0.286 e. The molecule has 2 aliphatic heterocycles. The highest BCUT2D eigenvalue weighted by molar-refractivity contribution is 5.99. The van der Waals surface area contributed by atoms with Gasteiger partial charge in [-0.1, -0.05) is 0 Å². The van der Waals surface area contributed by atoms with Crippen LogP contribution in [0.1, 0.15) is 44.0 Å². The van der Waals surface area contributed by atoms with Crippen LogP contribution < -0.4 is 9.47 Å². The number of hydrogen-bond acceptors (Lipinski definition) is 7. The zero-order chi connectivity index (χ0) is 22.5. The van der Waals surface area contributed by atoms with Crippen molar-refractivity contribution in [1.29, 1.82) is 0 Å². The molecule has 172 valence electrons. The highest BCUT2D eigenvalue weighted by atomic mass is 16.6. The summed E-state index contributed by atoms with van der Waals surface area (Å²) >= 11 is 0. The van der Waals surface area contributed by atoms with E-state index in [2.05, 4.69) is 18.7 Å². The maximum atomic E-state index is 13.2. The van der Waals surface area contributed by atoms with Crippen LogP contribution in [-0.4, -0.2) is 79.3 Å². The van der Waals surface area contributed by atoms with Gasteiger partial charge in [0.25, 0.3) is 11.6 Å². The molecule has 2 saturated heterocycles. The number of carbonyl (C=O) groups excluding carboxylic acids is 1. The lowest BCUT2D eigenvalue weighted by molar-refractivity contribution is -0.385. The quantitative estimate of drug-likeness (QED) is 0.480. The predicted molar refractivity (Wildman–Crippen MR) is 116 cm³/mol. The fourth-order valence-corrected chi connectivity index (χ4v) is 4.59. The Morgan fingerprint density at radius 2 is 1.84 bits per heavy atom. The van der Waals surface area contributed by atoms with Gasteiger partial charge in [-0.3, -0.25) is 19.8 Å². The van der Waals surface area contributed by atoms with Gasteiger partial charge in [0.1, 0.15) is 5.56 Å². The van der Waals surface area contributed by atoms with Crippen LogP contribution in [0.15, 0.2) is 12.1 Å². The van der Waals surface area contributed by atoms with Crippen LogP contribution in [0.4, 0.5) is 5.69 Å². The molecule has 1 amide bonds. The molecule has 0 N–H and O–H groups in total. The van der Waals surface area contributed by atoms with Crippen LogP contribution in [0.25, 0.3) is 0 Å². The van der Waals surface area contributed by atoms with E-state index in [9.17, 15) is 14.9 Å². The van der Waals surface area contributed by atoms with Gasteiger partial charge in [0.15, 0.2) is 11.5 Å². The van der Waals surface area contributed by atoms with Crippen LogP contribution in [0.3, 0.4) is 0 Å². The van der Waals surface area contributed by atoms with Crippen LogP contribution in [-0.2, 0) is 4.74 Å². The van der Waals surface area contributed by atoms with Crippen molar-refractivity contribution in [2.24, 2.45) is 5.92 Å². The van der Waals surface area contributed by atoms with E-state index in [0.29, 0.717) is 31.4 Å². The zero-order valence-electron chi connectivity index (χ0n) is 18.8. The molecule has 0 spiro atoms. The number of rotatable bonds is 7. The lowest BCUT2D eigenvalue weighted by Crippen LogP contribution is -2.48. The van der Waals surface area contributed by atoms with Gasteiger partial charge in [-0.05, 0) is 39.5 Å². The van der Waals surface area contributed by atoms with E-state index in [1.807, 2.05) is 6.92 Å². The van der Waals surface area contributed by atoms with Crippen LogP contribution in [0.5, 0.6) is 11.5 Å². The lowest BCUT2D eigenvalue weighted by Gasteiger charge is -2.39.